The van der Waals surface area contributed by atoms with Crippen LogP contribution in [-0.4, -0.2) is 31.9 Å². The second-order valence-electron chi connectivity index (χ2n) is 7.86. The van der Waals surface area contributed by atoms with Gasteiger partial charge in [0.05, 0.1) is 17.2 Å². The van der Waals surface area contributed by atoms with Crippen molar-refractivity contribution in [3.05, 3.63) is 27.9 Å². The summed E-state index contributed by atoms with van der Waals surface area (Å²) < 4.78 is 8.73. The molecule has 0 unspecified atom stereocenters. The summed E-state index contributed by atoms with van der Waals surface area (Å²) >= 11 is 6.03. The lowest BCUT2D eigenvalue weighted by Crippen LogP contribution is -2.41. The molecule has 142 valence electrons. The van der Waals surface area contributed by atoms with Crippen molar-refractivity contribution in [2.75, 3.05) is 0 Å². The number of hydrogen-bond donors (Lipinski definition) is 1. The van der Waals surface area contributed by atoms with E-state index < -0.39 is 5.60 Å². The highest BCUT2D eigenvalue weighted by Crippen LogP contribution is 2.30. The first-order valence-electron chi connectivity index (χ1n) is 8.87. The van der Waals surface area contributed by atoms with Gasteiger partial charge in [-0.25, -0.2) is 14.6 Å². The summed E-state index contributed by atoms with van der Waals surface area (Å²) in [5, 5.41) is 3.30. The number of carbonyl (C=O) groups is 1. The number of nitrogens with zero attached hydrogens (tertiary/aromatic N) is 3. The molecule has 7 nitrogen and oxygen atoms in total. The van der Waals surface area contributed by atoms with Crippen LogP contribution in [-0.2, 0) is 11.8 Å². The Balaban J connectivity index is 1.72. The Morgan fingerprint density at radius 1 is 1.27 bits per heavy atom. The molecule has 0 bridgehead atoms. The molecule has 1 amide bonds. The number of fused-ring (bicyclic) bond motifs is 1. The summed E-state index contributed by atoms with van der Waals surface area (Å²) in [5.74, 6) is 0. The van der Waals surface area contributed by atoms with Gasteiger partial charge in [0.2, 0.25) is 0 Å². The van der Waals surface area contributed by atoms with E-state index in [1.54, 1.807) is 23.9 Å². The Morgan fingerprint density at radius 2 is 1.92 bits per heavy atom. The quantitative estimate of drug-likeness (QED) is 0.810. The van der Waals surface area contributed by atoms with Crippen molar-refractivity contribution in [2.24, 2.45) is 7.05 Å². The Bertz CT molecular complexity index is 873. The van der Waals surface area contributed by atoms with E-state index in [0.717, 1.165) is 36.7 Å². The fraction of sp³-hybridized carbons (Fsp3) is 0.611. The van der Waals surface area contributed by atoms with Gasteiger partial charge in [-0.05, 0) is 46.5 Å². The van der Waals surface area contributed by atoms with E-state index in [1.807, 2.05) is 25.3 Å². The summed E-state index contributed by atoms with van der Waals surface area (Å²) in [5.41, 5.74) is 1.01. The lowest BCUT2D eigenvalue weighted by Gasteiger charge is -2.30. The second-order valence-corrected chi connectivity index (χ2v) is 8.25. The highest BCUT2D eigenvalue weighted by Gasteiger charge is 2.28. The van der Waals surface area contributed by atoms with Crippen LogP contribution in [0.15, 0.2) is 17.1 Å². The van der Waals surface area contributed by atoms with Crippen molar-refractivity contribution in [2.45, 2.75) is 64.1 Å². The molecule has 1 aliphatic rings. The summed E-state index contributed by atoms with van der Waals surface area (Å²) in [6.45, 7) is 5.53. The minimum Gasteiger partial charge on any atom is -0.444 e. The zero-order chi connectivity index (χ0) is 19.1. The average Bonchev–Trinajstić information content (AvgIpc) is 2.77. The molecule has 1 saturated carbocycles. The third-order valence-corrected chi connectivity index (χ3v) is 4.93. The fourth-order valence-corrected chi connectivity index (χ4v) is 3.69. The van der Waals surface area contributed by atoms with Gasteiger partial charge in [-0.15, -0.1) is 0 Å². The molecule has 2 aromatic rings. The Morgan fingerprint density at radius 3 is 2.54 bits per heavy atom. The molecule has 26 heavy (non-hydrogen) atoms. The molecule has 0 saturated heterocycles. The molecule has 0 aromatic carbocycles. The van der Waals surface area contributed by atoms with E-state index in [1.165, 1.54) is 0 Å². The van der Waals surface area contributed by atoms with E-state index in [2.05, 4.69) is 10.3 Å². The summed E-state index contributed by atoms with van der Waals surface area (Å²) in [4.78, 5) is 28.7. The fourth-order valence-electron chi connectivity index (χ4n) is 3.54. The van der Waals surface area contributed by atoms with E-state index in [-0.39, 0.29) is 23.9 Å². The maximum Gasteiger partial charge on any atom is 0.407 e. The average molecular weight is 381 g/mol. The molecule has 3 rings (SSSR count). The molecular formula is C18H25ClN4O3. The molecule has 0 atom stereocenters. The van der Waals surface area contributed by atoms with Gasteiger partial charge in [-0.1, -0.05) is 11.6 Å². The van der Waals surface area contributed by atoms with Crippen LogP contribution >= 0.6 is 11.6 Å². The third kappa shape index (κ3) is 3.87. The Labute approximate surface area is 157 Å². The second kappa shape index (κ2) is 6.95. The number of nitrogens with one attached hydrogen (secondary N) is 1. The number of hydrogen-bond acceptors (Lipinski definition) is 4. The number of alkyl carbamates (subject to hydrolysis) is 1. The van der Waals surface area contributed by atoms with Gasteiger partial charge in [-0.3, -0.25) is 9.13 Å². The molecule has 0 aliphatic heterocycles. The van der Waals surface area contributed by atoms with Crippen molar-refractivity contribution in [3.8, 4) is 0 Å². The number of halogens is 1. The van der Waals surface area contributed by atoms with E-state index in [9.17, 15) is 9.59 Å². The summed E-state index contributed by atoms with van der Waals surface area (Å²) in [7, 11) is 1.74. The smallest absolute Gasteiger partial charge is 0.407 e. The van der Waals surface area contributed by atoms with Crippen LogP contribution in [0.3, 0.4) is 0 Å². The summed E-state index contributed by atoms with van der Waals surface area (Å²) in [6.07, 6.45) is 4.45. The molecule has 8 heteroatoms. The van der Waals surface area contributed by atoms with E-state index in [4.69, 9.17) is 16.3 Å². The van der Waals surface area contributed by atoms with Crippen LogP contribution in [0.25, 0.3) is 11.0 Å². The van der Waals surface area contributed by atoms with Crippen molar-refractivity contribution in [1.29, 1.82) is 0 Å². The number of imidazole rings is 1. The monoisotopic (exact) mass is 380 g/mol. The normalized spacial score (nSPS) is 21.0. The van der Waals surface area contributed by atoms with E-state index in [0.29, 0.717) is 5.15 Å². The number of carbonyl (C=O) groups excluding carboxylic acids is 1. The Hall–Kier alpha value is -2.02. The number of aryl methyl sites for hydroxylation is 1. The van der Waals surface area contributed by atoms with Crippen LogP contribution in [0, 0.1) is 0 Å². The molecule has 2 heterocycles. The zero-order valence-electron chi connectivity index (χ0n) is 15.6. The minimum atomic E-state index is -0.509. The van der Waals surface area contributed by atoms with Crippen LogP contribution in [0.2, 0.25) is 5.15 Å². The molecule has 1 N–H and O–H groups in total. The maximum atomic E-state index is 12.7. The maximum absolute atomic E-state index is 12.7. The minimum absolute atomic E-state index is 0.0624. The topological polar surface area (TPSA) is 78.2 Å². The predicted octanol–water partition coefficient (Wildman–Crippen LogP) is 3.40. The first-order chi connectivity index (χ1) is 12.2. The van der Waals surface area contributed by atoms with Gasteiger partial charge in [-0.2, -0.15) is 0 Å². The van der Waals surface area contributed by atoms with Gasteiger partial charge < -0.3 is 10.1 Å². The Kier molecular flexibility index (Phi) is 5.01. The first kappa shape index (κ1) is 18.8. The van der Waals surface area contributed by atoms with Gasteiger partial charge in [0.1, 0.15) is 10.8 Å². The van der Waals surface area contributed by atoms with Crippen molar-refractivity contribution < 1.29 is 9.53 Å². The number of pyridine rings is 1. The van der Waals surface area contributed by atoms with Crippen molar-refractivity contribution in [1.82, 2.24) is 19.4 Å². The lowest BCUT2D eigenvalue weighted by atomic mass is 9.91. The summed E-state index contributed by atoms with van der Waals surface area (Å²) in [6, 6.07) is 1.89. The van der Waals surface area contributed by atoms with Crippen LogP contribution in [0.1, 0.15) is 52.5 Å². The largest absolute Gasteiger partial charge is 0.444 e. The van der Waals surface area contributed by atoms with Gasteiger partial charge in [0.25, 0.3) is 0 Å². The molecular weight excluding hydrogens is 356 g/mol. The van der Waals surface area contributed by atoms with Gasteiger partial charge in [0.15, 0.2) is 0 Å². The standard InChI is InChI=1S/C18H25ClN4O3/c1-18(2,3)26-16(24)21-11-5-7-12(8-6-11)23-13-9-15(19)20-10-14(13)22(4)17(23)25/h9-12H,5-8H2,1-4H3,(H,21,24). The molecule has 1 aliphatic carbocycles. The highest BCUT2D eigenvalue weighted by molar-refractivity contribution is 6.29. The molecule has 1 fully saturated rings. The number of ether oxygens (including phenoxy) is 1. The van der Waals surface area contributed by atoms with Gasteiger partial charge in [0, 0.05) is 25.2 Å². The van der Waals surface area contributed by atoms with Crippen LogP contribution in [0.4, 0.5) is 4.79 Å². The third-order valence-electron chi connectivity index (χ3n) is 4.73. The van der Waals surface area contributed by atoms with Crippen LogP contribution in [0.5, 0.6) is 0 Å². The number of aromatic nitrogens is 3. The number of amides is 1. The number of rotatable bonds is 2. The first-order valence-corrected chi connectivity index (χ1v) is 9.25. The van der Waals surface area contributed by atoms with Crippen molar-refractivity contribution >= 4 is 28.7 Å². The molecule has 0 radical (unpaired) electrons. The lowest BCUT2D eigenvalue weighted by molar-refractivity contribution is 0.0488. The molecule has 2 aromatic heterocycles. The molecule has 0 spiro atoms. The van der Waals surface area contributed by atoms with Crippen LogP contribution < -0.4 is 11.0 Å². The van der Waals surface area contributed by atoms with Gasteiger partial charge >= 0.3 is 11.8 Å². The van der Waals surface area contributed by atoms with E-state index >= 15 is 0 Å². The highest BCUT2D eigenvalue weighted by atomic mass is 35.5. The SMILES string of the molecule is Cn1c(=O)n(C2CCC(NC(=O)OC(C)(C)C)CC2)c2cc(Cl)ncc21. The predicted molar refractivity (Wildman–Crippen MR) is 101 cm³/mol. The zero-order valence-corrected chi connectivity index (χ0v) is 16.3. The van der Waals surface area contributed by atoms with Crippen molar-refractivity contribution in [3.63, 3.8) is 0 Å².